The van der Waals surface area contributed by atoms with E-state index in [-0.39, 0.29) is 11.5 Å². The van der Waals surface area contributed by atoms with Crippen molar-refractivity contribution in [2.24, 2.45) is 0 Å². The summed E-state index contributed by atoms with van der Waals surface area (Å²) in [7, 11) is 3.93. The zero-order chi connectivity index (χ0) is 15.7. The van der Waals surface area contributed by atoms with E-state index in [2.05, 4.69) is 6.08 Å². The van der Waals surface area contributed by atoms with Gasteiger partial charge in [-0.25, -0.2) is 0 Å². The second-order valence-corrected chi connectivity index (χ2v) is 5.76. The highest BCUT2D eigenvalue weighted by Crippen LogP contribution is 2.35. The quantitative estimate of drug-likeness (QED) is 0.914. The van der Waals surface area contributed by atoms with Crippen molar-refractivity contribution in [2.45, 2.75) is 6.54 Å². The minimum Gasteiger partial charge on any atom is -0.508 e. The van der Waals surface area contributed by atoms with Gasteiger partial charge in [0, 0.05) is 23.7 Å². The molecule has 0 amide bonds. The molecule has 0 saturated carbocycles. The van der Waals surface area contributed by atoms with Gasteiger partial charge in [-0.2, -0.15) is 0 Å². The number of fused-ring (bicyclic) bond motifs is 1. The topological polar surface area (TPSA) is 52.9 Å². The Labute approximate surface area is 129 Å². The van der Waals surface area contributed by atoms with E-state index in [1.54, 1.807) is 18.2 Å². The van der Waals surface area contributed by atoms with E-state index in [0.717, 1.165) is 22.3 Å². The van der Waals surface area contributed by atoms with Gasteiger partial charge in [0.1, 0.15) is 23.9 Å². The largest absolute Gasteiger partial charge is 0.508 e. The molecule has 1 aliphatic heterocycles. The normalized spacial score (nSPS) is 13.5. The van der Waals surface area contributed by atoms with E-state index >= 15 is 0 Å². The highest BCUT2D eigenvalue weighted by Gasteiger charge is 2.16. The number of ether oxygens (including phenoxy) is 1. The SMILES string of the molecule is CN(C)Cc1cc2c(cc1O)OCC(c1ccc(O)cc1)=C2. The molecule has 0 spiro atoms. The first-order valence-corrected chi connectivity index (χ1v) is 7.16. The lowest BCUT2D eigenvalue weighted by Gasteiger charge is -2.20. The molecule has 114 valence electrons. The lowest BCUT2D eigenvalue weighted by molar-refractivity contribution is 0.357. The van der Waals surface area contributed by atoms with Gasteiger partial charge in [0.15, 0.2) is 0 Å². The maximum absolute atomic E-state index is 10.1. The number of aromatic hydroxyl groups is 2. The summed E-state index contributed by atoms with van der Waals surface area (Å²) in [5.74, 6) is 1.20. The number of phenols is 2. The van der Waals surface area contributed by atoms with Gasteiger partial charge in [-0.15, -0.1) is 0 Å². The van der Waals surface area contributed by atoms with E-state index in [4.69, 9.17) is 4.74 Å². The summed E-state index contributed by atoms with van der Waals surface area (Å²) in [6.07, 6.45) is 2.07. The van der Waals surface area contributed by atoms with Crippen LogP contribution in [0.15, 0.2) is 36.4 Å². The molecule has 2 aromatic rings. The molecular weight excluding hydrogens is 278 g/mol. The predicted octanol–water partition coefficient (Wildman–Crippen LogP) is 3.09. The molecule has 0 unspecified atom stereocenters. The van der Waals surface area contributed by atoms with Crippen molar-refractivity contribution in [1.29, 1.82) is 0 Å². The Morgan fingerprint density at radius 1 is 1.09 bits per heavy atom. The Balaban J connectivity index is 1.98. The van der Waals surface area contributed by atoms with Crippen LogP contribution in [0, 0.1) is 0 Å². The third-order valence-corrected chi connectivity index (χ3v) is 3.65. The van der Waals surface area contributed by atoms with E-state index in [1.807, 2.05) is 37.2 Å². The second kappa shape index (κ2) is 5.73. The Kier molecular flexibility index (Phi) is 3.77. The number of hydrogen-bond donors (Lipinski definition) is 2. The summed E-state index contributed by atoms with van der Waals surface area (Å²) < 4.78 is 5.76. The molecule has 2 N–H and O–H groups in total. The summed E-state index contributed by atoms with van der Waals surface area (Å²) >= 11 is 0. The van der Waals surface area contributed by atoms with Crippen molar-refractivity contribution < 1.29 is 14.9 Å². The molecule has 0 aliphatic carbocycles. The van der Waals surface area contributed by atoms with Crippen molar-refractivity contribution in [3.8, 4) is 17.2 Å². The molecule has 22 heavy (non-hydrogen) atoms. The molecule has 1 heterocycles. The van der Waals surface area contributed by atoms with Crippen LogP contribution in [0.4, 0.5) is 0 Å². The third kappa shape index (κ3) is 2.92. The summed E-state index contributed by atoms with van der Waals surface area (Å²) in [6.45, 7) is 1.12. The van der Waals surface area contributed by atoms with E-state index in [9.17, 15) is 10.2 Å². The Hall–Kier alpha value is -2.46. The first-order chi connectivity index (χ1) is 10.5. The monoisotopic (exact) mass is 297 g/mol. The zero-order valence-electron chi connectivity index (χ0n) is 12.7. The van der Waals surface area contributed by atoms with Crippen LogP contribution >= 0.6 is 0 Å². The second-order valence-electron chi connectivity index (χ2n) is 5.76. The van der Waals surface area contributed by atoms with Gasteiger partial charge in [0.25, 0.3) is 0 Å². The Morgan fingerprint density at radius 2 is 1.82 bits per heavy atom. The average Bonchev–Trinajstić information content (AvgIpc) is 2.48. The van der Waals surface area contributed by atoms with Crippen LogP contribution in [0.25, 0.3) is 11.6 Å². The van der Waals surface area contributed by atoms with Crippen LogP contribution < -0.4 is 4.74 Å². The van der Waals surface area contributed by atoms with Crippen LogP contribution in [-0.4, -0.2) is 35.8 Å². The fourth-order valence-electron chi connectivity index (χ4n) is 2.57. The Morgan fingerprint density at radius 3 is 2.50 bits per heavy atom. The van der Waals surface area contributed by atoms with E-state index in [0.29, 0.717) is 18.9 Å². The molecule has 0 atom stereocenters. The Bertz CT molecular complexity index is 718. The van der Waals surface area contributed by atoms with Gasteiger partial charge in [-0.1, -0.05) is 12.1 Å². The van der Waals surface area contributed by atoms with Crippen molar-refractivity contribution >= 4 is 11.6 Å². The predicted molar refractivity (Wildman–Crippen MR) is 87.0 cm³/mol. The van der Waals surface area contributed by atoms with Crippen molar-refractivity contribution in [1.82, 2.24) is 4.90 Å². The van der Waals surface area contributed by atoms with Crippen molar-refractivity contribution in [3.05, 3.63) is 53.1 Å². The maximum Gasteiger partial charge on any atom is 0.130 e. The van der Waals surface area contributed by atoms with Gasteiger partial charge >= 0.3 is 0 Å². The molecular formula is C18H19NO3. The summed E-state index contributed by atoms with van der Waals surface area (Å²) in [6, 6.07) is 10.7. The highest BCUT2D eigenvalue weighted by atomic mass is 16.5. The van der Waals surface area contributed by atoms with Crippen LogP contribution in [0.1, 0.15) is 16.7 Å². The van der Waals surface area contributed by atoms with Crippen LogP contribution in [-0.2, 0) is 6.54 Å². The standard InChI is InChI=1S/C18H19NO3/c1-19(2)10-14-7-13-8-15(11-22-18(13)9-17(14)21)12-3-5-16(20)6-4-12/h3-9,20-21H,10-11H2,1-2H3. The van der Waals surface area contributed by atoms with Gasteiger partial charge in [-0.3, -0.25) is 0 Å². The van der Waals surface area contributed by atoms with E-state index < -0.39 is 0 Å². The van der Waals surface area contributed by atoms with Gasteiger partial charge < -0.3 is 19.8 Å². The number of hydrogen-bond acceptors (Lipinski definition) is 4. The van der Waals surface area contributed by atoms with Gasteiger partial charge in [-0.05, 0) is 49.5 Å². The number of nitrogens with zero attached hydrogens (tertiary/aromatic N) is 1. The molecule has 4 nitrogen and oxygen atoms in total. The minimum atomic E-state index is 0.250. The summed E-state index contributed by atoms with van der Waals surface area (Å²) in [5.41, 5.74) is 3.90. The fourth-order valence-corrected chi connectivity index (χ4v) is 2.57. The molecule has 0 fully saturated rings. The molecule has 2 aromatic carbocycles. The minimum absolute atomic E-state index is 0.250. The number of rotatable bonds is 3. The van der Waals surface area contributed by atoms with E-state index in [1.165, 1.54) is 0 Å². The van der Waals surface area contributed by atoms with Crippen LogP contribution in [0.2, 0.25) is 0 Å². The van der Waals surface area contributed by atoms with Crippen molar-refractivity contribution in [2.75, 3.05) is 20.7 Å². The zero-order valence-corrected chi connectivity index (χ0v) is 12.7. The molecule has 1 aliphatic rings. The number of benzene rings is 2. The highest BCUT2D eigenvalue weighted by molar-refractivity contribution is 5.86. The molecule has 0 aromatic heterocycles. The molecule has 4 heteroatoms. The van der Waals surface area contributed by atoms with Crippen LogP contribution in [0.5, 0.6) is 17.2 Å². The average molecular weight is 297 g/mol. The van der Waals surface area contributed by atoms with Crippen LogP contribution in [0.3, 0.4) is 0 Å². The first kappa shape index (κ1) is 14.5. The first-order valence-electron chi connectivity index (χ1n) is 7.16. The van der Waals surface area contributed by atoms with Gasteiger partial charge in [0.05, 0.1) is 0 Å². The molecule has 0 radical (unpaired) electrons. The summed E-state index contributed by atoms with van der Waals surface area (Å²) in [5, 5.41) is 19.5. The summed E-state index contributed by atoms with van der Waals surface area (Å²) in [4.78, 5) is 2.01. The smallest absolute Gasteiger partial charge is 0.130 e. The molecule has 3 rings (SSSR count). The van der Waals surface area contributed by atoms with Crippen molar-refractivity contribution in [3.63, 3.8) is 0 Å². The van der Waals surface area contributed by atoms with Gasteiger partial charge in [0.2, 0.25) is 0 Å². The third-order valence-electron chi connectivity index (χ3n) is 3.65. The lowest BCUT2D eigenvalue weighted by atomic mass is 9.99. The number of phenolic OH excluding ortho intramolecular Hbond substituents is 2. The maximum atomic E-state index is 10.1. The molecule has 0 bridgehead atoms. The fraction of sp³-hybridized carbons (Fsp3) is 0.222. The molecule has 0 saturated heterocycles. The lowest BCUT2D eigenvalue weighted by Crippen LogP contribution is -2.12.